The summed E-state index contributed by atoms with van der Waals surface area (Å²) in [5, 5.41) is 40.1. The summed E-state index contributed by atoms with van der Waals surface area (Å²) in [7, 11) is 1.43. The smallest absolute Gasteiger partial charge is 0.229 e. The van der Waals surface area contributed by atoms with Crippen LogP contribution in [0.3, 0.4) is 0 Å². The van der Waals surface area contributed by atoms with Crippen LogP contribution >= 0.6 is 0 Å². The highest BCUT2D eigenvalue weighted by atomic mass is 16.7. The van der Waals surface area contributed by atoms with E-state index in [9.17, 15) is 30.0 Å². The molecule has 0 saturated carbocycles. The average Bonchev–Trinajstić information content (AvgIpc) is 2.86. The van der Waals surface area contributed by atoms with Gasteiger partial charge in [-0.05, 0) is 28.5 Å². The average molecular weight is 559 g/mol. The minimum atomic E-state index is -1.60. The van der Waals surface area contributed by atoms with E-state index in [1.807, 2.05) is 27.7 Å². The molecular formula is C30H38O10. The van der Waals surface area contributed by atoms with E-state index in [2.05, 4.69) is 0 Å². The molecule has 2 aliphatic carbocycles. The molecule has 1 unspecified atom stereocenters. The molecule has 2 aliphatic heterocycles. The lowest BCUT2D eigenvalue weighted by atomic mass is 9.65. The van der Waals surface area contributed by atoms with Crippen molar-refractivity contribution in [3.63, 3.8) is 0 Å². The van der Waals surface area contributed by atoms with Gasteiger partial charge in [0, 0.05) is 42.7 Å². The molecule has 5 atom stereocenters. The third-order valence-corrected chi connectivity index (χ3v) is 8.19. The predicted octanol–water partition coefficient (Wildman–Crippen LogP) is 2.27. The van der Waals surface area contributed by atoms with E-state index in [0.29, 0.717) is 53.9 Å². The van der Waals surface area contributed by atoms with Crippen molar-refractivity contribution in [2.75, 3.05) is 13.7 Å². The second-order valence-electron chi connectivity index (χ2n) is 12.8. The fourth-order valence-electron chi connectivity index (χ4n) is 6.26. The molecule has 10 nitrogen and oxygen atoms in total. The van der Waals surface area contributed by atoms with Crippen LogP contribution in [0.1, 0.15) is 64.9 Å². The number of methoxy groups -OCH3 is 1. The van der Waals surface area contributed by atoms with E-state index in [1.165, 1.54) is 7.11 Å². The van der Waals surface area contributed by atoms with Crippen LogP contribution in [-0.2, 0) is 19.1 Å². The summed E-state index contributed by atoms with van der Waals surface area (Å²) >= 11 is 0. The van der Waals surface area contributed by atoms with Crippen molar-refractivity contribution in [1.82, 2.24) is 0 Å². The van der Waals surface area contributed by atoms with E-state index in [-0.39, 0.29) is 33.9 Å². The second-order valence-corrected chi connectivity index (χ2v) is 12.8. The largest absolute Gasteiger partial charge is 0.493 e. The number of benzene rings is 1. The minimum Gasteiger partial charge on any atom is -0.493 e. The van der Waals surface area contributed by atoms with Crippen molar-refractivity contribution >= 4 is 11.6 Å². The monoisotopic (exact) mass is 558 g/mol. The highest BCUT2D eigenvalue weighted by molar-refractivity contribution is 6.06. The lowest BCUT2D eigenvalue weighted by Gasteiger charge is -2.42. The van der Waals surface area contributed by atoms with Crippen LogP contribution in [0.25, 0.3) is 0 Å². The topological polar surface area (TPSA) is 152 Å². The van der Waals surface area contributed by atoms with Crippen molar-refractivity contribution in [3.8, 4) is 11.5 Å². The molecule has 0 spiro atoms. The maximum Gasteiger partial charge on any atom is 0.229 e. The molecule has 5 rings (SSSR count). The third kappa shape index (κ3) is 5.07. The van der Waals surface area contributed by atoms with Crippen LogP contribution in [0.15, 0.2) is 40.9 Å². The SMILES string of the molecule is COc1cc(C2C3=C(CC(C)(C)CC3=O)OC3=C2C(=O)CC(C)(C)C3)ccc1O[C@@H]1OC(CO)[C@H](O)[C@@H](O)[C@H]1O. The standard InChI is InChI=1S/C30H38O10/c1-29(2)9-15(32)23-19(11-29)38-20-12-30(3,4)10-16(33)24(20)22(23)14-6-7-17(18(8-14)37-5)39-28-27(36)26(35)25(34)21(13-31)40-28/h6-8,21-22,25-28,31,34-36H,9-13H2,1-5H3/t21?,25-,26+,27+,28+/m0/s1. The summed E-state index contributed by atoms with van der Waals surface area (Å²) in [5.74, 6) is 0.895. The van der Waals surface area contributed by atoms with Crippen LogP contribution in [0.4, 0.5) is 0 Å². The number of ether oxygens (including phenoxy) is 4. The number of hydrogen-bond donors (Lipinski definition) is 4. The van der Waals surface area contributed by atoms with E-state index in [0.717, 1.165) is 0 Å². The van der Waals surface area contributed by atoms with E-state index < -0.39 is 43.2 Å². The molecule has 1 fully saturated rings. The van der Waals surface area contributed by atoms with Gasteiger partial charge >= 0.3 is 0 Å². The normalized spacial score (nSPS) is 31.9. The summed E-state index contributed by atoms with van der Waals surface area (Å²) in [5.41, 5.74) is 1.11. The van der Waals surface area contributed by atoms with Crippen molar-refractivity contribution in [2.24, 2.45) is 10.8 Å². The van der Waals surface area contributed by atoms with Gasteiger partial charge in [-0.1, -0.05) is 33.8 Å². The van der Waals surface area contributed by atoms with Crippen molar-refractivity contribution in [3.05, 3.63) is 46.4 Å². The zero-order valence-electron chi connectivity index (χ0n) is 23.5. The number of ketones is 2. The van der Waals surface area contributed by atoms with Gasteiger partial charge in [0.25, 0.3) is 0 Å². The summed E-state index contributed by atoms with van der Waals surface area (Å²) in [6, 6.07) is 5.00. The number of hydrogen-bond acceptors (Lipinski definition) is 10. The zero-order chi connectivity index (χ0) is 29.1. The quantitative estimate of drug-likeness (QED) is 0.424. The highest BCUT2D eigenvalue weighted by Gasteiger charge is 2.48. The Hall–Kier alpha value is -2.76. The van der Waals surface area contributed by atoms with Crippen LogP contribution in [-0.4, -0.2) is 76.4 Å². The lowest BCUT2D eigenvalue weighted by Crippen LogP contribution is -2.60. The second kappa shape index (κ2) is 10.3. The molecule has 40 heavy (non-hydrogen) atoms. The molecule has 0 bridgehead atoms. The number of rotatable bonds is 5. The first-order valence-electron chi connectivity index (χ1n) is 13.6. The van der Waals surface area contributed by atoms with E-state index in [1.54, 1.807) is 18.2 Å². The van der Waals surface area contributed by atoms with Crippen LogP contribution < -0.4 is 9.47 Å². The van der Waals surface area contributed by atoms with Gasteiger partial charge in [-0.25, -0.2) is 0 Å². The Balaban J connectivity index is 1.55. The van der Waals surface area contributed by atoms with Gasteiger partial charge in [0.05, 0.1) is 13.7 Å². The molecule has 2 heterocycles. The number of allylic oxidation sites excluding steroid dienone is 4. The molecule has 10 heteroatoms. The number of aliphatic hydroxyl groups excluding tert-OH is 4. The van der Waals surface area contributed by atoms with Gasteiger partial charge in [-0.2, -0.15) is 0 Å². The molecule has 4 N–H and O–H groups in total. The molecule has 4 aliphatic rings. The van der Waals surface area contributed by atoms with Crippen LogP contribution in [0, 0.1) is 10.8 Å². The molecule has 218 valence electrons. The van der Waals surface area contributed by atoms with Crippen molar-refractivity contribution in [2.45, 2.75) is 90.0 Å². The van der Waals surface area contributed by atoms with E-state index in [4.69, 9.17) is 18.9 Å². The van der Waals surface area contributed by atoms with Crippen LogP contribution in [0.2, 0.25) is 0 Å². The van der Waals surface area contributed by atoms with Gasteiger partial charge in [-0.3, -0.25) is 9.59 Å². The maximum absolute atomic E-state index is 13.5. The van der Waals surface area contributed by atoms with E-state index >= 15 is 0 Å². The molecule has 0 radical (unpaired) electrons. The van der Waals surface area contributed by atoms with Gasteiger partial charge in [0.15, 0.2) is 23.1 Å². The summed E-state index contributed by atoms with van der Waals surface area (Å²) in [4.78, 5) is 27.1. The Morgan fingerprint density at radius 3 is 1.95 bits per heavy atom. The Labute approximate surface area is 233 Å². The van der Waals surface area contributed by atoms with Gasteiger partial charge in [0.2, 0.25) is 6.29 Å². The number of carbonyl (C=O) groups excluding carboxylic acids is 2. The van der Waals surface area contributed by atoms with Gasteiger partial charge < -0.3 is 39.4 Å². The lowest BCUT2D eigenvalue weighted by molar-refractivity contribution is -0.277. The Morgan fingerprint density at radius 1 is 0.850 bits per heavy atom. The fraction of sp³-hybridized carbons (Fsp3) is 0.600. The number of aliphatic hydroxyl groups is 4. The maximum atomic E-state index is 13.5. The minimum absolute atomic E-state index is 0.0546. The molecule has 1 saturated heterocycles. The number of carbonyl (C=O) groups is 2. The molecule has 1 aromatic rings. The first-order valence-corrected chi connectivity index (χ1v) is 13.6. The fourth-order valence-corrected chi connectivity index (χ4v) is 6.26. The van der Waals surface area contributed by atoms with Crippen LogP contribution in [0.5, 0.6) is 11.5 Å². The summed E-state index contributed by atoms with van der Waals surface area (Å²) < 4.78 is 23.2. The number of Topliss-reactive ketones (excluding diaryl/α,β-unsaturated/α-hetero) is 2. The molecule has 0 aromatic heterocycles. The third-order valence-electron chi connectivity index (χ3n) is 8.19. The Kier molecular flexibility index (Phi) is 7.37. The zero-order valence-corrected chi connectivity index (χ0v) is 23.5. The van der Waals surface area contributed by atoms with Crippen molar-refractivity contribution < 1.29 is 49.0 Å². The Bertz CT molecular complexity index is 1220. The highest BCUT2D eigenvalue weighted by Crippen LogP contribution is 2.53. The first kappa shape index (κ1) is 28.8. The molecule has 0 amide bonds. The molecular weight excluding hydrogens is 520 g/mol. The summed E-state index contributed by atoms with van der Waals surface area (Å²) in [6.45, 7) is 7.53. The first-order chi connectivity index (χ1) is 18.7. The summed E-state index contributed by atoms with van der Waals surface area (Å²) in [6.07, 6.45) is -5.41. The molecule has 1 aromatic carbocycles. The Morgan fingerprint density at radius 2 is 1.43 bits per heavy atom. The van der Waals surface area contributed by atoms with Gasteiger partial charge in [-0.15, -0.1) is 0 Å². The predicted molar refractivity (Wildman–Crippen MR) is 141 cm³/mol. The van der Waals surface area contributed by atoms with Crippen molar-refractivity contribution in [1.29, 1.82) is 0 Å². The van der Waals surface area contributed by atoms with Gasteiger partial charge in [0.1, 0.15) is 35.9 Å².